The Bertz CT molecular complexity index is 1070. The molecule has 2 heterocycles. The molecule has 0 aliphatic carbocycles. The molecule has 0 N–H and O–H groups in total. The maximum atomic E-state index is 13.3. The lowest BCUT2D eigenvalue weighted by Crippen LogP contribution is -2.40. The summed E-state index contributed by atoms with van der Waals surface area (Å²) < 4.78 is 51.4. The summed E-state index contributed by atoms with van der Waals surface area (Å²) in [5.41, 5.74) is -0.525. The lowest BCUT2D eigenvalue weighted by atomic mass is 9.94. The first kappa shape index (κ1) is 30.7. The number of carbonyl (C=O) groups excluding carboxylic acids is 1. The number of hydrogen-bond donors (Lipinski definition) is 0. The molecule has 3 rings (SSSR count). The first-order valence-corrected chi connectivity index (χ1v) is 14.2. The first-order valence-electron chi connectivity index (χ1n) is 12.9. The summed E-state index contributed by atoms with van der Waals surface area (Å²) in [6.45, 7) is 8.95. The molecule has 0 radical (unpaired) electrons. The summed E-state index contributed by atoms with van der Waals surface area (Å²) in [5, 5.41) is 0.102. The highest BCUT2D eigenvalue weighted by molar-refractivity contribution is 7.99. The molecule has 1 aliphatic rings. The molecule has 1 aromatic carbocycles. The summed E-state index contributed by atoms with van der Waals surface area (Å²) in [6.07, 6.45) is 1.33. The highest BCUT2D eigenvalue weighted by Crippen LogP contribution is 2.42. The van der Waals surface area contributed by atoms with Gasteiger partial charge in [0, 0.05) is 41.5 Å². The summed E-state index contributed by atoms with van der Waals surface area (Å²) >= 11 is 7.97. The fraction of sp³-hybridized carbons (Fsp3) is 0.571. The SMILES string of the molecule is CCN(C(=O)C(C)(C)C)c1ncc(C(CCCOC2CCCCO2)Sc2cccc(C(F)(F)F)c2)cc1Cl. The molecule has 1 aliphatic heterocycles. The lowest BCUT2D eigenvalue weighted by Gasteiger charge is -2.28. The second kappa shape index (κ2) is 13.5. The second-order valence-electron chi connectivity index (χ2n) is 10.3. The van der Waals surface area contributed by atoms with Crippen molar-refractivity contribution in [3.63, 3.8) is 0 Å². The van der Waals surface area contributed by atoms with Crippen molar-refractivity contribution in [2.24, 2.45) is 5.41 Å². The minimum Gasteiger partial charge on any atom is -0.353 e. The molecular weight excluding hydrogens is 537 g/mol. The third-order valence-corrected chi connectivity index (χ3v) is 7.76. The van der Waals surface area contributed by atoms with Crippen LogP contribution < -0.4 is 4.90 Å². The molecule has 38 heavy (non-hydrogen) atoms. The van der Waals surface area contributed by atoms with Gasteiger partial charge in [-0.25, -0.2) is 4.98 Å². The number of nitrogens with zero attached hydrogens (tertiary/aromatic N) is 2. The van der Waals surface area contributed by atoms with Gasteiger partial charge in [-0.3, -0.25) is 9.69 Å². The van der Waals surface area contributed by atoms with Gasteiger partial charge in [0.25, 0.3) is 0 Å². The molecule has 0 saturated carbocycles. The normalized spacial score (nSPS) is 17.3. The van der Waals surface area contributed by atoms with E-state index in [0.29, 0.717) is 48.3 Å². The quantitative estimate of drug-likeness (QED) is 0.212. The number of hydrogen-bond acceptors (Lipinski definition) is 5. The zero-order valence-corrected chi connectivity index (χ0v) is 23.9. The zero-order valence-electron chi connectivity index (χ0n) is 22.3. The number of ether oxygens (including phenoxy) is 2. The monoisotopic (exact) mass is 572 g/mol. The summed E-state index contributed by atoms with van der Waals surface area (Å²) in [4.78, 5) is 19.5. The van der Waals surface area contributed by atoms with Gasteiger partial charge in [-0.2, -0.15) is 13.2 Å². The third kappa shape index (κ3) is 8.60. The smallest absolute Gasteiger partial charge is 0.353 e. The van der Waals surface area contributed by atoms with Crippen molar-refractivity contribution in [2.75, 3.05) is 24.7 Å². The van der Waals surface area contributed by atoms with Crippen molar-refractivity contribution in [3.8, 4) is 0 Å². The van der Waals surface area contributed by atoms with Crippen LogP contribution in [0.4, 0.5) is 19.0 Å². The number of alkyl halides is 3. The summed E-state index contributed by atoms with van der Waals surface area (Å²) in [7, 11) is 0. The minimum absolute atomic E-state index is 0.0980. The molecular formula is C28H36ClF3N2O3S. The van der Waals surface area contributed by atoms with E-state index in [9.17, 15) is 18.0 Å². The van der Waals surface area contributed by atoms with E-state index in [1.807, 2.05) is 27.7 Å². The van der Waals surface area contributed by atoms with Crippen LogP contribution in [0.2, 0.25) is 5.02 Å². The summed E-state index contributed by atoms with van der Waals surface area (Å²) in [5.74, 6) is 0.276. The van der Waals surface area contributed by atoms with Gasteiger partial charge in [-0.05, 0) is 68.9 Å². The number of thioether (sulfide) groups is 1. The molecule has 10 heteroatoms. The largest absolute Gasteiger partial charge is 0.416 e. The van der Waals surface area contributed by atoms with Gasteiger partial charge in [0.1, 0.15) is 0 Å². The van der Waals surface area contributed by atoms with Crippen molar-refractivity contribution in [1.82, 2.24) is 4.98 Å². The van der Waals surface area contributed by atoms with E-state index in [4.69, 9.17) is 21.1 Å². The van der Waals surface area contributed by atoms with Crippen LogP contribution in [-0.2, 0) is 20.4 Å². The number of carbonyl (C=O) groups is 1. The van der Waals surface area contributed by atoms with E-state index >= 15 is 0 Å². The van der Waals surface area contributed by atoms with Crippen molar-refractivity contribution in [3.05, 3.63) is 52.7 Å². The predicted molar refractivity (Wildman–Crippen MR) is 146 cm³/mol. The number of pyridine rings is 1. The van der Waals surface area contributed by atoms with Crippen LogP contribution in [0, 0.1) is 5.41 Å². The van der Waals surface area contributed by atoms with Crippen LogP contribution >= 0.6 is 23.4 Å². The van der Waals surface area contributed by atoms with Gasteiger partial charge >= 0.3 is 6.18 Å². The Morgan fingerprint density at radius 1 is 1.26 bits per heavy atom. The number of amides is 1. The van der Waals surface area contributed by atoms with Gasteiger partial charge in [-0.1, -0.05) is 38.4 Å². The van der Waals surface area contributed by atoms with Crippen LogP contribution in [0.25, 0.3) is 0 Å². The molecule has 0 bridgehead atoms. The van der Waals surface area contributed by atoms with E-state index in [0.717, 1.165) is 37.0 Å². The molecule has 1 saturated heterocycles. The third-order valence-electron chi connectivity index (χ3n) is 6.17. The molecule has 1 amide bonds. The van der Waals surface area contributed by atoms with E-state index in [2.05, 4.69) is 4.98 Å². The topological polar surface area (TPSA) is 51.7 Å². The highest BCUT2D eigenvalue weighted by atomic mass is 35.5. The fourth-order valence-corrected chi connectivity index (χ4v) is 5.65. The van der Waals surface area contributed by atoms with E-state index in [1.165, 1.54) is 17.8 Å². The maximum absolute atomic E-state index is 13.3. The summed E-state index contributed by atoms with van der Waals surface area (Å²) in [6, 6.07) is 7.07. The molecule has 5 nitrogen and oxygen atoms in total. The van der Waals surface area contributed by atoms with Crippen LogP contribution in [0.5, 0.6) is 0 Å². The van der Waals surface area contributed by atoms with Gasteiger partial charge in [0.15, 0.2) is 12.1 Å². The van der Waals surface area contributed by atoms with E-state index < -0.39 is 17.2 Å². The Hall–Kier alpha value is -1.81. The maximum Gasteiger partial charge on any atom is 0.416 e. The number of rotatable bonds is 10. The molecule has 210 valence electrons. The molecule has 1 aromatic heterocycles. The average molecular weight is 573 g/mol. The number of aromatic nitrogens is 1. The molecule has 2 atom stereocenters. The predicted octanol–water partition coefficient (Wildman–Crippen LogP) is 8.31. The van der Waals surface area contributed by atoms with Gasteiger partial charge < -0.3 is 9.47 Å². The van der Waals surface area contributed by atoms with Crippen molar-refractivity contribution >= 4 is 35.1 Å². The van der Waals surface area contributed by atoms with Crippen LogP contribution in [0.1, 0.15) is 76.2 Å². The Balaban J connectivity index is 1.81. The first-order chi connectivity index (χ1) is 17.9. The fourth-order valence-electron chi connectivity index (χ4n) is 4.14. The van der Waals surface area contributed by atoms with Crippen molar-refractivity contribution < 1.29 is 27.4 Å². The number of halogens is 4. The molecule has 2 aromatic rings. The highest BCUT2D eigenvalue weighted by Gasteiger charge is 2.31. The standard InChI is InChI=1S/C28H36ClF3N2O3S/c1-5-34(26(35)27(2,3)4)25-22(29)16-19(18-33-25)23(12-9-15-37-24-13-6-7-14-36-24)38-21-11-8-10-20(17-21)28(30,31)32/h8,10-11,16-18,23-24H,5-7,9,12-15H2,1-4H3. The van der Waals surface area contributed by atoms with Crippen molar-refractivity contribution in [2.45, 2.75) is 82.4 Å². The van der Waals surface area contributed by atoms with Crippen molar-refractivity contribution in [1.29, 1.82) is 0 Å². The minimum atomic E-state index is -4.42. The molecule has 0 spiro atoms. The van der Waals surface area contributed by atoms with Gasteiger partial charge in [-0.15, -0.1) is 11.8 Å². The zero-order chi connectivity index (χ0) is 27.9. The van der Waals surface area contributed by atoms with Crippen LogP contribution in [-0.4, -0.2) is 36.9 Å². The van der Waals surface area contributed by atoms with Gasteiger partial charge in [0.2, 0.25) is 5.91 Å². The van der Waals surface area contributed by atoms with E-state index in [-0.39, 0.29) is 17.4 Å². The second-order valence-corrected chi connectivity index (χ2v) is 12.0. The number of anilines is 1. The van der Waals surface area contributed by atoms with Crippen LogP contribution in [0.15, 0.2) is 41.4 Å². The Morgan fingerprint density at radius 3 is 2.63 bits per heavy atom. The Labute approximate surface area is 232 Å². The molecule has 1 fully saturated rings. The Morgan fingerprint density at radius 2 is 2.03 bits per heavy atom. The molecule has 2 unspecified atom stereocenters. The number of benzene rings is 1. The lowest BCUT2D eigenvalue weighted by molar-refractivity contribution is -0.162. The van der Waals surface area contributed by atoms with Gasteiger partial charge in [0.05, 0.1) is 10.6 Å². The Kier molecular flexibility index (Phi) is 10.9. The average Bonchev–Trinajstić information content (AvgIpc) is 2.87. The van der Waals surface area contributed by atoms with Crippen LogP contribution in [0.3, 0.4) is 0 Å². The van der Waals surface area contributed by atoms with E-state index in [1.54, 1.807) is 23.2 Å².